The van der Waals surface area contributed by atoms with Crippen LogP contribution in [0.5, 0.6) is 0 Å². The normalized spacial score (nSPS) is 19.1. The average Bonchev–Trinajstić information content (AvgIpc) is 3.31. The van der Waals surface area contributed by atoms with Gasteiger partial charge in [-0.05, 0) is 49.7 Å². The predicted octanol–water partition coefficient (Wildman–Crippen LogP) is 3.13. The van der Waals surface area contributed by atoms with Crippen LogP contribution in [0.4, 0.5) is 13.2 Å². The number of nitrogens with zero attached hydrogens (tertiary/aromatic N) is 4. The maximum Gasteiger partial charge on any atom is 0.416 e. The van der Waals surface area contributed by atoms with Crippen molar-refractivity contribution in [3.8, 4) is 0 Å². The van der Waals surface area contributed by atoms with Gasteiger partial charge in [0.05, 0.1) is 11.8 Å². The highest BCUT2D eigenvalue weighted by molar-refractivity contribution is 5.83. The lowest BCUT2D eigenvalue weighted by atomic mass is 10.1. The molecular formula is C20H25F3N4O. The zero-order chi connectivity index (χ0) is 20.5. The van der Waals surface area contributed by atoms with Crippen LogP contribution in [0.2, 0.25) is 0 Å². The fourth-order valence-corrected chi connectivity index (χ4v) is 3.36. The Morgan fingerprint density at radius 2 is 2.04 bits per heavy atom. The van der Waals surface area contributed by atoms with E-state index in [1.54, 1.807) is 21.8 Å². The van der Waals surface area contributed by atoms with Crippen LogP contribution < -0.4 is 0 Å². The third-order valence-corrected chi connectivity index (χ3v) is 5.02. The highest BCUT2D eigenvalue weighted by atomic mass is 19.4. The van der Waals surface area contributed by atoms with Gasteiger partial charge >= 0.3 is 6.18 Å². The van der Waals surface area contributed by atoms with Crippen LogP contribution in [0.3, 0.4) is 0 Å². The first-order chi connectivity index (χ1) is 13.1. The molecule has 1 saturated carbocycles. The monoisotopic (exact) mass is 394 g/mol. The van der Waals surface area contributed by atoms with E-state index < -0.39 is 11.7 Å². The molecule has 1 aromatic heterocycles. The molecule has 1 aromatic carbocycles. The molecule has 8 heteroatoms. The maximum atomic E-state index is 13.1. The van der Waals surface area contributed by atoms with E-state index in [1.807, 2.05) is 32.2 Å². The van der Waals surface area contributed by atoms with Crippen molar-refractivity contribution in [2.24, 2.45) is 13.0 Å². The third-order valence-electron chi connectivity index (χ3n) is 5.02. The number of hydrogen-bond donors (Lipinski definition) is 0. The molecule has 28 heavy (non-hydrogen) atoms. The van der Waals surface area contributed by atoms with E-state index in [2.05, 4.69) is 5.10 Å². The van der Waals surface area contributed by atoms with Crippen molar-refractivity contribution in [3.05, 3.63) is 53.3 Å². The number of aryl methyl sites for hydroxylation is 1. The van der Waals surface area contributed by atoms with Gasteiger partial charge in [-0.25, -0.2) is 0 Å². The van der Waals surface area contributed by atoms with Crippen LogP contribution >= 0.6 is 0 Å². The first-order valence-electron chi connectivity index (χ1n) is 9.23. The van der Waals surface area contributed by atoms with Crippen LogP contribution in [0.1, 0.15) is 29.0 Å². The number of halogens is 3. The number of likely N-dealkylation sites (N-methyl/N-ethyl adjacent to an activating group) is 1. The first-order valence-corrected chi connectivity index (χ1v) is 9.23. The highest BCUT2D eigenvalue weighted by Gasteiger charge is 2.46. The summed E-state index contributed by atoms with van der Waals surface area (Å²) >= 11 is 0. The molecule has 1 heterocycles. The van der Waals surface area contributed by atoms with Crippen LogP contribution in [0.15, 0.2) is 36.7 Å². The summed E-state index contributed by atoms with van der Waals surface area (Å²) in [6.45, 7) is 1.29. The molecule has 5 nitrogen and oxygen atoms in total. The molecule has 1 aliphatic rings. The van der Waals surface area contributed by atoms with Gasteiger partial charge in [-0.15, -0.1) is 0 Å². The van der Waals surface area contributed by atoms with Gasteiger partial charge in [-0.3, -0.25) is 9.48 Å². The van der Waals surface area contributed by atoms with Gasteiger partial charge in [0.15, 0.2) is 0 Å². The van der Waals surface area contributed by atoms with Crippen molar-refractivity contribution in [2.45, 2.75) is 25.1 Å². The Morgan fingerprint density at radius 1 is 1.29 bits per heavy atom. The number of benzene rings is 1. The van der Waals surface area contributed by atoms with Gasteiger partial charge in [-0.1, -0.05) is 12.1 Å². The van der Waals surface area contributed by atoms with Gasteiger partial charge in [0, 0.05) is 38.8 Å². The molecule has 0 spiro atoms. The lowest BCUT2D eigenvalue weighted by molar-refractivity contribution is -0.137. The summed E-state index contributed by atoms with van der Waals surface area (Å²) in [6, 6.07) is 5.20. The molecule has 0 saturated heterocycles. The zero-order valence-corrected chi connectivity index (χ0v) is 16.3. The zero-order valence-electron chi connectivity index (χ0n) is 16.3. The van der Waals surface area contributed by atoms with Crippen molar-refractivity contribution in [3.63, 3.8) is 0 Å². The average molecular weight is 394 g/mol. The van der Waals surface area contributed by atoms with Crippen LogP contribution in [0.25, 0.3) is 0 Å². The molecule has 3 rings (SSSR count). The molecule has 2 aromatic rings. The topological polar surface area (TPSA) is 41.4 Å². The molecule has 1 fully saturated rings. The van der Waals surface area contributed by atoms with E-state index in [1.165, 1.54) is 6.07 Å². The largest absolute Gasteiger partial charge is 0.416 e. The summed E-state index contributed by atoms with van der Waals surface area (Å²) < 4.78 is 40.7. The van der Waals surface area contributed by atoms with Gasteiger partial charge in [-0.2, -0.15) is 18.3 Å². The smallest absolute Gasteiger partial charge is 0.337 e. The van der Waals surface area contributed by atoms with Crippen molar-refractivity contribution >= 4 is 5.91 Å². The molecule has 1 amide bonds. The van der Waals surface area contributed by atoms with E-state index in [-0.39, 0.29) is 24.3 Å². The Hall–Kier alpha value is -2.35. The number of rotatable bonds is 7. The highest BCUT2D eigenvalue weighted by Crippen LogP contribution is 2.48. The minimum Gasteiger partial charge on any atom is -0.337 e. The Labute approximate surface area is 162 Å². The van der Waals surface area contributed by atoms with E-state index in [4.69, 9.17) is 0 Å². The number of carbonyl (C=O) groups excluding carboxylic acids is 1. The van der Waals surface area contributed by atoms with E-state index in [9.17, 15) is 18.0 Å². The summed E-state index contributed by atoms with van der Waals surface area (Å²) in [6.07, 6.45) is 0.0474. The molecule has 0 radical (unpaired) electrons. The Balaban J connectivity index is 1.73. The second kappa shape index (κ2) is 7.95. The number of aromatic nitrogens is 2. The van der Waals surface area contributed by atoms with Crippen molar-refractivity contribution in [1.29, 1.82) is 0 Å². The van der Waals surface area contributed by atoms with Crippen LogP contribution in [-0.4, -0.2) is 52.7 Å². The molecule has 152 valence electrons. The Morgan fingerprint density at radius 3 is 2.64 bits per heavy atom. The lowest BCUT2D eigenvalue weighted by Gasteiger charge is -2.25. The minimum atomic E-state index is -4.39. The molecule has 0 bridgehead atoms. The number of hydrogen-bond acceptors (Lipinski definition) is 3. The molecular weight excluding hydrogens is 369 g/mol. The molecule has 1 aliphatic carbocycles. The summed E-state index contributed by atoms with van der Waals surface area (Å²) in [5.41, 5.74) is 0.831. The maximum absolute atomic E-state index is 13.1. The van der Waals surface area contributed by atoms with Gasteiger partial charge in [0.2, 0.25) is 5.91 Å². The Kier molecular flexibility index (Phi) is 5.79. The molecule has 0 aliphatic heterocycles. The number of alkyl halides is 3. The Bertz CT molecular complexity index is 831. The summed E-state index contributed by atoms with van der Waals surface area (Å²) in [7, 11) is 5.64. The van der Waals surface area contributed by atoms with Gasteiger partial charge < -0.3 is 9.80 Å². The van der Waals surface area contributed by atoms with Gasteiger partial charge in [0.1, 0.15) is 0 Å². The van der Waals surface area contributed by atoms with E-state index in [0.29, 0.717) is 18.7 Å². The fourth-order valence-electron chi connectivity index (χ4n) is 3.36. The second-order valence-electron chi connectivity index (χ2n) is 7.66. The molecule has 2 atom stereocenters. The predicted molar refractivity (Wildman–Crippen MR) is 99.5 cm³/mol. The third kappa shape index (κ3) is 4.92. The van der Waals surface area contributed by atoms with E-state index in [0.717, 1.165) is 24.1 Å². The first kappa shape index (κ1) is 20.4. The lowest BCUT2D eigenvalue weighted by Crippen LogP contribution is -2.37. The number of carbonyl (C=O) groups is 1. The van der Waals surface area contributed by atoms with Crippen molar-refractivity contribution in [1.82, 2.24) is 19.6 Å². The minimum absolute atomic E-state index is 0.00638. The van der Waals surface area contributed by atoms with Crippen molar-refractivity contribution < 1.29 is 18.0 Å². The molecule has 0 unspecified atom stereocenters. The second-order valence-corrected chi connectivity index (χ2v) is 7.66. The summed E-state index contributed by atoms with van der Waals surface area (Å²) in [5.74, 6) is 0.00911. The molecule has 0 N–H and O–H groups in total. The summed E-state index contributed by atoms with van der Waals surface area (Å²) in [4.78, 5) is 16.7. The standard InChI is InChI=1S/C20H25F3N4O/c1-25(2)7-8-27(12-14-5-4-6-16(9-14)20(21,22)23)19(28)18-10-17(18)15-11-24-26(3)13-15/h4-6,9,11,13,17-18H,7-8,10,12H2,1-3H3/t17-,18+/m1/s1. The SMILES string of the molecule is CN(C)CCN(Cc1cccc(C(F)(F)F)c1)C(=O)[C@H]1C[C@@H]1c1cnn(C)c1. The van der Waals surface area contributed by atoms with Crippen LogP contribution in [0, 0.1) is 5.92 Å². The fraction of sp³-hybridized carbons (Fsp3) is 0.500. The number of amides is 1. The summed E-state index contributed by atoms with van der Waals surface area (Å²) in [5, 5.41) is 4.16. The van der Waals surface area contributed by atoms with E-state index >= 15 is 0 Å². The van der Waals surface area contributed by atoms with Crippen molar-refractivity contribution in [2.75, 3.05) is 27.2 Å². The quantitative estimate of drug-likeness (QED) is 0.725. The van der Waals surface area contributed by atoms with Gasteiger partial charge in [0.25, 0.3) is 0 Å². The van der Waals surface area contributed by atoms with Crippen LogP contribution in [-0.2, 0) is 24.6 Å².